The van der Waals surface area contributed by atoms with Gasteiger partial charge >= 0.3 is 0 Å². The van der Waals surface area contributed by atoms with E-state index >= 15 is 0 Å². The minimum Gasteiger partial charge on any atom is -0.395 e. The van der Waals surface area contributed by atoms with Crippen LogP contribution in [-0.4, -0.2) is 24.3 Å². The molecule has 0 aliphatic heterocycles. The second-order valence-electron chi connectivity index (χ2n) is 4.99. The van der Waals surface area contributed by atoms with Crippen molar-refractivity contribution in [2.45, 2.75) is 38.6 Å². The summed E-state index contributed by atoms with van der Waals surface area (Å²) in [5.74, 6) is 0. The van der Waals surface area contributed by atoms with Crippen molar-refractivity contribution in [2.24, 2.45) is 0 Å². The normalized spacial score (nSPS) is 15.6. The predicted octanol–water partition coefficient (Wildman–Crippen LogP) is 2.61. The lowest BCUT2D eigenvalue weighted by Gasteiger charge is -2.31. The Morgan fingerprint density at radius 3 is 2.72 bits per heavy atom. The third kappa shape index (κ3) is 2.65. The van der Waals surface area contributed by atoms with E-state index in [1.54, 1.807) is 0 Å². The van der Waals surface area contributed by atoms with Crippen molar-refractivity contribution in [3.05, 3.63) is 29.3 Å². The molecule has 96 valence electrons. The monoisotopic (exact) mass is 244 g/mol. The zero-order valence-electron chi connectivity index (χ0n) is 10.9. The summed E-state index contributed by atoms with van der Waals surface area (Å²) in [6, 6.07) is 8.73. The highest BCUT2D eigenvalue weighted by atomic mass is 16.3. The van der Waals surface area contributed by atoms with Crippen LogP contribution in [0.2, 0.25) is 0 Å². The SMILES string of the molecule is Cc1ccc(N(CCO)C2CCCC2)c(C#N)c1. The Labute approximate surface area is 109 Å². The highest BCUT2D eigenvalue weighted by Crippen LogP contribution is 2.30. The average Bonchev–Trinajstić information content (AvgIpc) is 2.90. The Bertz CT molecular complexity index is 444. The summed E-state index contributed by atoms with van der Waals surface area (Å²) in [6.07, 6.45) is 4.83. The minimum atomic E-state index is 0.134. The standard InChI is InChI=1S/C15H20N2O/c1-12-6-7-15(13(10-12)11-16)17(8-9-18)14-4-2-3-5-14/h6-7,10,14,18H,2-5,8-9H2,1H3. The van der Waals surface area contributed by atoms with Crippen LogP contribution in [0.1, 0.15) is 36.8 Å². The molecule has 18 heavy (non-hydrogen) atoms. The zero-order valence-corrected chi connectivity index (χ0v) is 10.9. The Hall–Kier alpha value is -1.53. The fourth-order valence-corrected chi connectivity index (χ4v) is 2.81. The molecule has 1 aromatic rings. The van der Waals surface area contributed by atoms with Crippen LogP contribution < -0.4 is 4.90 Å². The molecule has 1 fully saturated rings. The number of anilines is 1. The molecule has 0 aromatic heterocycles. The lowest BCUT2D eigenvalue weighted by molar-refractivity contribution is 0.297. The van der Waals surface area contributed by atoms with Gasteiger partial charge in [0.05, 0.1) is 17.9 Å². The van der Waals surface area contributed by atoms with Crippen LogP contribution in [0.4, 0.5) is 5.69 Å². The Morgan fingerprint density at radius 1 is 1.39 bits per heavy atom. The van der Waals surface area contributed by atoms with Gasteiger partial charge in [-0.1, -0.05) is 18.9 Å². The van der Waals surface area contributed by atoms with Gasteiger partial charge in [-0.3, -0.25) is 0 Å². The van der Waals surface area contributed by atoms with Crippen molar-refractivity contribution in [3.8, 4) is 6.07 Å². The van der Waals surface area contributed by atoms with E-state index in [0.29, 0.717) is 12.6 Å². The summed E-state index contributed by atoms with van der Waals surface area (Å²) in [4.78, 5) is 2.21. The number of rotatable bonds is 4. The van der Waals surface area contributed by atoms with E-state index in [4.69, 9.17) is 0 Å². The number of hydrogen-bond donors (Lipinski definition) is 1. The smallest absolute Gasteiger partial charge is 0.101 e. The summed E-state index contributed by atoms with van der Waals surface area (Å²) >= 11 is 0. The number of nitriles is 1. The topological polar surface area (TPSA) is 47.3 Å². The van der Waals surface area contributed by atoms with Crippen molar-refractivity contribution in [1.82, 2.24) is 0 Å². The molecule has 0 amide bonds. The van der Waals surface area contributed by atoms with Crippen LogP contribution in [0.5, 0.6) is 0 Å². The van der Waals surface area contributed by atoms with Crippen molar-refractivity contribution < 1.29 is 5.11 Å². The Morgan fingerprint density at radius 2 is 2.11 bits per heavy atom. The fourth-order valence-electron chi connectivity index (χ4n) is 2.81. The van der Waals surface area contributed by atoms with Gasteiger partial charge in [-0.05, 0) is 37.5 Å². The van der Waals surface area contributed by atoms with E-state index in [1.807, 2.05) is 25.1 Å². The van der Waals surface area contributed by atoms with Gasteiger partial charge in [0, 0.05) is 12.6 Å². The van der Waals surface area contributed by atoms with Crippen LogP contribution in [0.3, 0.4) is 0 Å². The molecule has 0 radical (unpaired) electrons. The molecule has 1 saturated carbocycles. The van der Waals surface area contributed by atoms with Crippen LogP contribution in [0, 0.1) is 18.3 Å². The number of aliphatic hydroxyl groups excluding tert-OH is 1. The first-order chi connectivity index (χ1) is 8.76. The number of nitrogens with zero attached hydrogens (tertiary/aromatic N) is 2. The average molecular weight is 244 g/mol. The number of aryl methyl sites for hydroxylation is 1. The molecule has 1 aromatic carbocycles. The van der Waals surface area contributed by atoms with Crippen LogP contribution >= 0.6 is 0 Å². The quantitative estimate of drug-likeness (QED) is 0.885. The molecule has 3 heteroatoms. The molecular weight excluding hydrogens is 224 g/mol. The summed E-state index contributed by atoms with van der Waals surface area (Å²) in [6.45, 7) is 2.74. The second-order valence-corrected chi connectivity index (χ2v) is 4.99. The number of aliphatic hydroxyl groups is 1. The van der Waals surface area contributed by atoms with E-state index in [0.717, 1.165) is 16.8 Å². The molecule has 1 aliphatic carbocycles. The third-order valence-corrected chi connectivity index (χ3v) is 3.69. The van der Waals surface area contributed by atoms with Gasteiger partial charge < -0.3 is 10.0 Å². The van der Waals surface area contributed by atoms with Crippen molar-refractivity contribution in [1.29, 1.82) is 5.26 Å². The maximum atomic E-state index is 9.26. The van der Waals surface area contributed by atoms with Crippen molar-refractivity contribution in [2.75, 3.05) is 18.1 Å². The van der Waals surface area contributed by atoms with E-state index in [2.05, 4.69) is 11.0 Å². The predicted molar refractivity (Wildman–Crippen MR) is 72.6 cm³/mol. The van der Waals surface area contributed by atoms with Gasteiger partial charge in [0.15, 0.2) is 0 Å². The molecule has 1 aliphatic rings. The van der Waals surface area contributed by atoms with Gasteiger partial charge in [0.1, 0.15) is 6.07 Å². The second kappa shape index (κ2) is 5.88. The summed E-state index contributed by atoms with van der Waals surface area (Å²) in [5.41, 5.74) is 2.80. The van der Waals surface area contributed by atoms with Crippen LogP contribution in [0.15, 0.2) is 18.2 Å². The summed E-state index contributed by atoms with van der Waals surface area (Å²) in [7, 11) is 0. The lowest BCUT2D eigenvalue weighted by atomic mass is 10.1. The van der Waals surface area contributed by atoms with E-state index in [9.17, 15) is 10.4 Å². The fraction of sp³-hybridized carbons (Fsp3) is 0.533. The Balaban J connectivity index is 2.32. The summed E-state index contributed by atoms with van der Waals surface area (Å²) < 4.78 is 0. The van der Waals surface area contributed by atoms with Gasteiger partial charge in [-0.15, -0.1) is 0 Å². The largest absolute Gasteiger partial charge is 0.395 e. The molecule has 3 nitrogen and oxygen atoms in total. The molecule has 0 heterocycles. The summed E-state index contributed by atoms with van der Waals surface area (Å²) in [5, 5.41) is 18.5. The molecule has 0 spiro atoms. The number of benzene rings is 1. The van der Waals surface area contributed by atoms with Crippen LogP contribution in [0.25, 0.3) is 0 Å². The highest BCUT2D eigenvalue weighted by Gasteiger charge is 2.24. The molecular formula is C15H20N2O. The first-order valence-electron chi connectivity index (χ1n) is 6.64. The van der Waals surface area contributed by atoms with Crippen molar-refractivity contribution in [3.63, 3.8) is 0 Å². The maximum absolute atomic E-state index is 9.26. The van der Waals surface area contributed by atoms with Gasteiger partial charge in [-0.2, -0.15) is 5.26 Å². The maximum Gasteiger partial charge on any atom is 0.101 e. The minimum absolute atomic E-state index is 0.134. The van der Waals surface area contributed by atoms with E-state index in [-0.39, 0.29) is 6.61 Å². The van der Waals surface area contributed by atoms with Crippen molar-refractivity contribution >= 4 is 5.69 Å². The van der Waals surface area contributed by atoms with E-state index in [1.165, 1.54) is 25.7 Å². The molecule has 2 rings (SSSR count). The van der Waals surface area contributed by atoms with Gasteiger partial charge in [0.25, 0.3) is 0 Å². The molecule has 0 atom stereocenters. The number of hydrogen-bond acceptors (Lipinski definition) is 3. The molecule has 0 bridgehead atoms. The molecule has 0 saturated heterocycles. The Kier molecular flexibility index (Phi) is 4.22. The van der Waals surface area contributed by atoms with Crippen LogP contribution in [-0.2, 0) is 0 Å². The lowest BCUT2D eigenvalue weighted by Crippen LogP contribution is -2.36. The van der Waals surface area contributed by atoms with Gasteiger partial charge in [-0.25, -0.2) is 0 Å². The first kappa shape index (κ1) is 12.9. The molecule has 0 unspecified atom stereocenters. The van der Waals surface area contributed by atoms with E-state index < -0.39 is 0 Å². The molecule has 1 N–H and O–H groups in total. The van der Waals surface area contributed by atoms with Gasteiger partial charge in [0.2, 0.25) is 0 Å². The first-order valence-corrected chi connectivity index (χ1v) is 6.64. The zero-order chi connectivity index (χ0) is 13.0. The highest BCUT2D eigenvalue weighted by molar-refractivity contribution is 5.61. The third-order valence-electron chi connectivity index (χ3n) is 3.69.